The lowest BCUT2D eigenvalue weighted by Crippen LogP contribution is -2.15. The van der Waals surface area contributed by atoms with E-state index in [1.165, 1.54) is 0 Å². The van der Waals surface area contributed by atoms with Crippen LogP contribution in [0.25, 0.3) is 10.9 Å². The molecule has 0 unspecified atom stereocenters. The van der Waals surface area contributed by atoms with Gasteiger partial charge in [0.25, 0.3) is 5.91 Å². The molecule has 0 saturated heterocycles. The Hall–Kier alpha value is -2.92. The number of rotatable bonds is 7. The maximum Gasteiger partial charge on any atom is 0.257 e. The number of hydrogen-bond donors (Lipinski definition) is 1. The van der Waals surface area contributed by atoms with E-state index in [0.717, 1.165) is 22.9 Å². The van der Waals surface area contributed by atoms with E-state index in [-0.39, 0.29) is 5.91 Å². The van der Waals surface area contributed by atoms with Gasteiger partial charge in [-0.15, -0.1) is 0 Å². The standard InChI is InChI=1S/C22H24N2O3/c1-15-9-10-17-14-18(16(2)23-20(17)13-15)22(25)24-19-7-4-5-8-21(19)27-12-6-11-26-3/h4-5,7-10,13-14H,6,11-12H2,1-3H3,(H,24,25). The van der Waals surface area contributed by atoms with Gasteiger partial charge in [-0.3, -0.25) is 9.78 Å². The van der Waals surface area contributed by atoms with Gasteiger partial charge in [0.1, 0.15) is 5.75 Å². The fourth-order valence-electron chi connectivity index (χ4n) is 2.87. The van der Waals surface area contributed by atoms with E-state index < -0.39 is 0 Å². The molecule has 0 aliphatic carbocycles. The summed E-state index contributed by atoms with van der Waals surface area (Å²) in [5.41, 5.74) is 3.94. The highest BCUT2D eigenvalue weighted by atomic mass is 16.5. The van der Waals surface area contributed by atoms with Gasteiger partial charge >= 0.3 is 0 Å². The molecule has 0 saturated carbocycles. The fraction of sp³-hybridized carbons (Fsp3) is 0.273. The second-order valence-electron chi connectivity index (χ2n) is 6.46. The normalized spacial score (nSPS) is 10.8. The van der Waals surface area contributed by atoms with Crippen LogP contribution < -0.4 is 10.1 Å². The molecule has 1 heterocycles. The van der Waals surface area contributed by atoms with Crippen LogP contribution in [0.5, 0.6) is 5.75 Å². The van der Waals surface area contributed by atoms with Crippen LogP contribution >= 0.6 is 0 Å². The Morgan fingerprint density at radius 3 is 2.70 bits per heavy atom. The summed E-state index contributed by atoms with van der Waals surface area (Å²) in [4.78, 5) is 17.4. The van der Waals surface area contributed by atoms with Crippen molar-refractivity contribution < 1.29 is 14.3 Å². The summed E-state index contributed by atoms with van der Waals surface area (Å²) in [5.74, 6) is 0.444. The van der Waals surface area contributed by atoms with Crippen LogP contribution in [0.3, 0.4) is 0 Å². The van der Waals surface area contributed by atoms with Crippen molar-refractivity contribution in [2.75, 3.05) is 25.6 Å². The SMILES string of the molecule is COCCCOc1ccccc1NC(=O)c1cc2ccc(C)cc2nc1C. The first-order valence-electron chi connectivity index (χ1n) is 8.98. The van der Waals surface area contributed by atoms with Crippen molar-refractivity contribution in [1.29, 1.82) is 0 Å². The van der Waals surface area contributed by atoms with E-state index in [4.69, 9.17) is 9.47 Å². The Labute approximate surface area is 159 Å². The zero-order chi connectivity index (χ0) is 19.2. The average molecular weight is 364 g/mol. The molecule has 1 aromatic heterocycles. The number of nitrogens with zero attached hydrogens (tertiary/aromatic N) is 1. The number of carbonyl (C=O) groups excluding carboxylic acids is 1. The van der Waals surface area contributed by atoms with Crippen LogP contribution in [-0.4, -0.2) is 31.2 Å². The maximum atomic E-state index is 12.8. The third kappa shape index (κ3) is 4.63. The number of benzene rings is 2. The topological polar surface area (TPSA) is 60.5 Å². The molecule has 0 aliphatic heterocycles. The summed E-state index contributed by atoms with van der Waals surface area (Å²) >= 11 is 0. The van der Waals surface area contributed by atoms with Crippen molar-refractivity contribution in [3.63, 3.8) is 0 Å². The van der Waals surface area contributed by atoms with Crippen LogP contribution in [0, 0.1) is 13.8 Å². The number of ether oxygens (including phenoxy) is 2. The van der Waals surface area contributed by atoms with E-state index in [1.54, 1.807) is 7.11 Å². The summed E-state index contributed by atoms with van der Waals surface area (Å²) in [6, 6.07) is 15.3. The highest BCUT2D eigenvalue weighted by molar-refractivity contribution is 6.07. The van der Waals surface area contributed by atoms with Crippen LogP contribution in [0.1, 0.15) is 28.0 Å². The predicted octanol–water partition coefficient (Wildman–Crippen LogP) is 4.52. The van der Waals surface area contributed by atoms with Crippen LogP contribution in [-0.2, 0) is 4.74 Å². The summed E-state index contributed by atoms with van der Waals surface area (Å²) in [7, 11) is 1.66. The molecule has 2 aromatic carbocycles. The lowest BCUT2D eigenvalue weighted by atomic mass is 10.1. The molecule has 3 rings (SSSR count). The van der Waals surface area contributed by atoms with Gasteiger partial charge in [0.05, 0.1) is 29.1 Å². The molecule has 1 amide bonds. The van der Waals surface area contributed by atoms with Crippen molar-refractivity contribution in [1.82, 2.24) is 4.98 Å². The number of anilines is 1. The fourth-order valence-corrected chi connectivity index (χ4v) is 2.87. The van der Waals surface area contributed by atoms with Gasteiger partial charge in [0, 0.05) is 25.5 Å². The monoisotopic (exact) mass is 364 g/mol. The molecule has 0 aliphatic rings. The number of carbonyl (C=O) groups is 1. The number of amides is 1. The molecule has 1 N–H and O–H groups in total. The average Bonchev–Trinajstić information content (AvgIpc) is 2.65. The minimum atomic E-state index is -0.199. The minimum absolute atomic E-state index is 0.199. The number of methoxy groups -OCH3 is 1. The Morgan fingerprint density at radius 1 is 1.07 bits per heavy atom. The molecule has 5 nitrogen and oxygen atoms in total. The van der Waals surface area contributed by atoms with E-state index in [1.807, 2.05) is 62.4 Å². The first kappa shape index (κ1) is 18.9. The van der Waals surface area contributed by atoms with E-state index >= 15 is 0 Å². The van der Waals surface area contributed by atoms with Gasteiger partial charge in [0.15, 0.2) is 0 Å². The number of aromatic nitrogens is 1. The van der Waals surface area contributed by atoms with Crippen LogP contribution in [0.4, 0.5) is 5.69 Å². The Bertz CT molecular complexity index is 953. The zero-order valence-corrected chi connectivity index (χ0v) is 15.9. The van der Waals surface area contributed by atoms with Crippen molar-refractivity contribution in [3.05, 3.63) is 65.4 Å². The van der Waals surface area contributed by atoms with Gasteiger partial charge < -0.3 is 14.8 Å². The van der Waals surface area contributed by atoms with Gasteiger partial charge in [-0.1, -0.05) is 24.3 Å². The first-order chi connectivity index (χ1) is 13.1. The number of aryl methyl sites for hydroxylation is 2. The molecule has 3 aromatic rings. The number of fused-ring (bicyclic) bond motifs is 1. The summed E-state index contributed by atoms with van der Waals surface area (Å²) in [5, 5.41) is 3.89. The molecule has 0 radical (unpaired) electrons. The van der Waals surface area contributed by atoms with Crippen LogP contribution in [0.15, 0.2) is 48.5 Å². The predicted molar refractivity (Wildman–Crippen MR) is 108 cm³/mol. The molecule has 0 fully saturated rings. The lowest BCUT2D eigenvalue weighted by molar-refractivity contribution is 0.102. The first-order valence-corrected chi connectivity index (χ1v) is 8.98. The molecule has 5 heteroatoms. The maximum absolute atomic E-state index is 12.8. The smallest absolute Gasteiger partial charge is 0.257 e. The van der Waals surface area contributed by atoms with Crippen molar-refractivity contribution in [3.8, 4) is 5.75 Å². The van der Waals surface area contributed by atoms with Crippen molar-refractivity contribution in [2.45, 2.75) is 20.3 Å². The zero-order valence-electron chi connectivity index (χ0n) is 15.9. The molecule has 0 bridgehead atoms. The van der Waals surface area contributed by atoms with Gasteiger partial charge in [-0.25, -0.2) is 0 Å². The third-order valence-electron chi connectivity index (χ3n) is 4.29. The molecular weight excluding hydrogens is 340 g/mol. The minimum Gasteiger partial charge on any atom is -0.491 e. The molecule has 0 atom stereocenters. The highest BCUT2D eigenvalue weighted by Crippen LogP contribution is 2.25. The number of pyridine rings is 1. The Balaban J connectivity index is 1.80. The van der Waals surface area contributed by atoms with Gasteiger partial charge in [-0.2, -0.15) is 0 Å². The van der Waals surface area contributed by atoms with E-state index in [0.29, 0.717) is 35.9 Å². The van der Waals surface area contributed by atoms with Gasteiger partial charge in [0.2, 0.25) is 0 Å². The summed E-state index contributed by atoms with van der Waals surface area (Å²) in [6.07, 6.45) is 0.784. The number of hydrogen-bond acceptors (Lipinski definition) is 4. The number of nitrogens with one attached hydrogen (secondary N) is 1. The Morgan fingerprint density at radius 2 is 1.89 bits per heavy atom. The molecule has 27 heavy (non-hydrogen) atoms. The molecule has 0 spiro atoms. The second-order valence-corrected chi connectivity index (χ2v) is 6.46. The van der Waals surface area contributed by atoms with Gasteiger partial charge in [-0.05, 0) is 43.7 Å². The van der Waals surface area contributed by atoms with Crippen molar-refractivity contribution >= 4 is 22.5 Å². The second kappa shape index (κ2) is 8.64. The largest absolute Gasteiger partial charge is 0.491 e. The highest BCUT2D eigenvalue weighted by Gasteiger charge is 2.14. The number of para-hydroxylation sites is 2. The third-order valence-corrected chi connectivity index (χ3v) is 4.29. The molecule has 140 valence electrons. The summed E-state index contributed by atoms with van der Waals surface area (Å²) < 4.78 is 10.8. The lowest BCUT2D eigenvalue weighted by Gasteiger charge is -2.13. The van der Waals surface area contributed by atoms with E-state index in [9.17, 15) is 4.79 Å². The summed E-state index contributed by atoms with van der Waals surface area (Å²) in [6.45, 7) is 5.04. The Kier molecular flexibility index (Phi) is 6.04. The van der Waals surface area contributed by atoms with Crippen LogP contribution in [0.2, 0.25) is 0 Å². The quantitative estimate of drug-likeness (QED) is 0.626. The van der Waals surface area contributed by atoms with E-state index in [2.05, 4.69) is 10.3 Å². The molecular formula is C22H24N2O3. The van der Waals surface area contributed by atoms with Crippen molar-refractivity contribution in [2.24, 2.45) is 0 Å².